The molecule has 1 aliphatic rings. The first-order chi connectivity index (χ1) is 14.1. The molecule has 0 saturated carbocycles. The molecule has 2 aromatic carbocycles. The van der Waals surface area contributed by atoms with Crippen LogP contribution in [0.15, 0.2) is 48.5 Å². The van der Waals surface area contributed by atoms with Crippen molar-refractivity contribution in [2.75, 3.05) is 38.2 Å². The molecule has 1 aromatic heterocycles. The molecule has 0 spiro atoms. The number of anilines is 1. The van der Waals surface area contributed by atoms with Gasteiger partial charge in [-0.1, -0.05) is 29.8 Å². The van der Waals surface area contributed by atoms with Crippen molar-refractivity contribution in [2.24, 2.45) is 0 Å². The van der Waals surface area contributed by atoms with Gasteiger partial charge in [0, 0.05) is 42.3 Å². The Hall–Kier alpha value is -2.57. The van der Waals surface area contributed by atoms with Gasteiger partial charge in [-0.3, -0.25) is 4.79 Å². The number of rotatable bonds is 4. The number of ether oxygens (including phenoxy) is 1. The molecular weight excluding hydrogens is 406 g/mol. The molecule has 7 heteroatoms. The minimum absolute atomic E-state index is 0.00793. The Kier molecular flexibility index (Phi) is 5.74. The second-order valence-corrected chi connectivity index (χ2v) is 8.49. The maximum absolute atomic E-state index is 13.1. The highest BCUT2D eigenvalue weighted by molar-refractivity contribution is 7.15. The average molecular weight is 428 g/mol. The van der Waals surface area contributed by atoms with Crippen LogP contribution in [-0.2, 0) is 0 Å². The lowest BCUT2D eigenvalue weighted by molar-refractivity contribution is 0.0741. The van der Waals surface area contributed by atoms with Crippen LogP contribution in [0.4, 0.5) is 5.69 Å². The van der Waals surface area contributed by atoms with Crippen LogP contribution in [0, 0.1) is 6.92 Å². The largest absolute Gasteiger partial charge is 0.497 e. The van der Waals surface area contributed by atoms with E-state index in [1.165, 1.54) is 11.3 Å². The van der Waals surface area contributed by atoms with E-state index in [0.717, 1.165) is 40.0 Å². The van der Waals surface area contributed by atoms with Gasteiger partial charge in [0.2, 0.25) is 0 Å². The summed E-state index contributed by atoms with van der Waals surface area (Å²) in [5.74, 6) is 0.835. The molecule has 4 rings (SSSR count). The number of aromatic nitrogens is 1. The molecule has 0 radical (unpaired) electrons. The second-order valence-electron chi connectivity index (χ2n) is 6.88. The Morgan fingerprint density at radius 3 is 2.41 bits per heavy atom. The fraction of sp³-hybridized carbons (Fsp3) is 0.273. The van der Waals surface area contributed by atoms with Gasteiger partial charge in [0.1, 0.15) is 16.5 Å². The third-order valence-corrected chi connectivity index (χ3v) is 6.44. The van der Waals surface area contributed by atoms with Gasteiger partial charge in [-0.05, 0) is 37.3 Å². The predicted octanol–water partition coefficient (Wildman–Crippen LogP) is 4.74. The van der Waals surface area contributed by atoms with Crippen LogP contribution in [0.5, 0.6) is 5.75 Å². The first kappa shape index (κ1) is 19.7. The summed E-state index contributed by atoms with van der Waals surface area (Å²) in [7, 11) is 1.66. The van der Waals surface area contributed by atoms with Crippen molar-refractivity contribution in [1.82, 2.24) is 9.88 Å². The van der Waals surface area contributed by atoms with Crippen LogP contribution in [0.1, 0.15) is 15.4 Å². The van der Waals surface area contributed by atoms with E-state index in [1.807, 2.05) is 48.2 Å². The van der Waals surface area contributed by atoms with E-state index in [4.69, 9.17) is 16.3 Å². The molecule has 0 unspecified atom stereocenters. The normalized spacial score (nSPS) is 14.2. The van der Waals surface area contributed by atoms with Gasteiger partial charge in [-0.2, -0.15) is 0 Å². The zero-order valence-corrected chi connectivity index (χ0v) is 18.0. The second kappa shape index (κ2) is 8.43. The number of halogens is 1. The first-order valence-electron chi connectivity index (χ1n) is 9.47. The molecule has 1 saturated heterocycles. The van der Waals surface area contributed by atoms with Crippen molar-refractivity contribution >= 4 is 34.5 Å². The number of piperazine rings is 1. The number of nitrogens with zero attached hydrogens (tertiary/aromatic N) is 3. The first-order valence-corrected chi connectivity index (χ1v) is 10.7. The van der Waals surface area contributed by atoms with Crippen molar-refractivity contribution in [1.29, 1.82) is 0 Å². The minimum Gasteiger partial charge on any atom is -0.497 e. The van der Waals surface area contributed by atoms with Crippen molar-refractivity contribution in [3.8, 4) is 16.3 Å². The summed E-state index contributed by atoms with van der Waals surface area (Å²) in [5.41, 5.74) is 2.54. The molecule has 0 bridgehead atoms. The smallest absolute Gasteiger partial charge is 0.273 e. The lowest BCUT2D eigenvalue weighted by Crippen LogP contribution is -2.49. The molecular formula is C22H22ClN3O2S. The van der Waals surface area contributed by atoms with Gasteiger partial charge < -0.3 is 14.5 Å². The van der Waals surface area contributed by atoms with Crippen LogP contribution < -0.4 is 9.64 Å². The molecule has 1 amide bonds. The number of thiazole rings is 1. The quantitative estimate of drug-likeness (QED) is 0.603. The van der Waals surface area contributed by atoms with Crippen molar-refractivity contribution in [3.05, 3.63) is 64.1 Å². The third kappa shape index (κ3) is 4.09. The van der Waals surface area contributed by atoms with Crippen LogP contribution in [0.25, 0.3) is 10.6 Å². The fourth-order valence-corrected chi connectivity index (χ4v) is 4.68. The molecule has 150 valence electrons. The predicted molar refractivity (Wildman–Crippen MR) is 118 cm³/mol. The van der Waals surface area contributed by atoms with Crippen LogP contribution in [0.2, 0.25) is 5.02 Å². The van der Waals surface area contributed by atoms with Gasteiger partial charge in [-0.25, -0.2) is 4.98 Å². The van der Waals surface area contributed by atoms with Crippen molar-refractivity contribution < 1.29 is 9.53 Å². The number of hydrogen-bond donors (Lipinski definition) is 0. The number of carbonyl (C=O) groups excluding carboxylic acids is 1. The highest BCUT2D eigenvalue weighted by Crippen LogP contribution is 2.33. The van der Waals surface area contributed by atoms with Gasteiger partial charge in [0.25, 0.3) is 5.91 Å². The summed E-state index contributed by atoms with van der Waals surface area (Å²) < 4.78 is 5.22. The molecule has 3 aromatic rings. The number of carbonyl (C=O) groups is 1. The molecule has 5 nitrogen and oxygen atoms in total. The summed E-state index contributed by atoms with van der Waals surface area (Å²) in [5, 5.41) is 1.43. The fourth-order valence-electron chi connectivity index (χ4n) is 3.46. The highest BCUT2D eigenvalue weighted by Gasteiger charge is 2.26. The van der Waals surface area contributed by atoms with Gasteiger partial charge >= 0.3 is 0 Å². The molecule has 29 heavy (non-hydrogen) atoms. The van der Waals surface area contributed by atoms with E-state index < -0.39 is 0 Å². The lowest BCUT2D eigenvalue weighted by Gasteiger charge is -2.36. The number of aryl methyl sites for hydroxylation is 1. The van der Waals surface area contributed by atoms with E-state index >= 15 is 0 Å². The minimum atomic E-state index is -0.00793. The molecule has 2 heterocycles. The maximum Gasteiger partial charge on any atom is 0.273 e. The Labute approximate surface area is 179 Å². The van der Waals surface area contributed by atoms with Crippen LogP contribution in [0.3, 0.4) is 0 Å². The Balaban J connectivity index is 1.45. The van der Waals surface area contributed by atoms with Gasteiger partial charge in [0.15, 0.2) is 0 Å². The number of methoxy groups -OCH3 is 1. The van der Waals surface area contributed by atoms with E-state index in [-0.39, 0.29) is 5.91 Å². The zero-order valence-electron chi connectivity index (χ0n) is 16.4. The van der Waals surface area contributed by atoms with Crippen LogP contribution in [-0.4, -0.2) is 49.1 Å². The zero-order chi connectivity index (χ0) is 20.4. The summed E-state index contributed by atoms with van der Waals surface area (Å²) in [6, 6.07) is 15.6. The number of benzene rings is 2. The summed E-state index contributed by atoms with van der Waals surface area (Å²) in [6.45, 7) is 4.86. The number of amides is 1. The Morgan fingerprint density at radius 2 is 1.76 bits per heavy atom. The lowest BCUT2D eigenvalue weighted by atomic mass is 10.2. The van der Waals surface area contributed by atoms with E-state index in [0.29, 0.717) is 23.8 Å². The van der Waals surface area contributed by atoms with E-state index in [1.54, 1.807) is 7.11 Å². The Morgan fingerprint density at radius 1 is 1.07 bits per heavy atom. The summed E-state index contributed by atoms with van der Waals surface area (Å²) in [6.07, 6.45) is 0. The Bertz CT molecular complexity index is 1010. The molecule has 0 aliphatic carbocycles. The topological polar surface area (TPSA) is 45.7 Å². The highest BCUT2D eigenvalue weighted by atomic mass is 35.5. The SMILES string of the molecule is COc1ccc(N2CCN(C(=O)c3nc(-c4ccccc4Cl)sc3C)CC2)cc1. The molecule has 1 aliphatic heterocycles. The van der Waals surface area contributed by atoms with Crippen LogP contribution >= 0.6 is 22.9 Å². The van der Waals surface area contributed by atoms with Gasteiger partial charge in [-0.15, -0.1) is 11.3 Å². The standard InChI is InChI=1S/C22H22ClN3O2S/c1-15-20(24-21(29-15)18-5-3-4-6-19(18)23)22(27)26-13-11-25(12-14-26)16-7-9-17(28-2)10-8-16/h3-10H,11-14H2,1-2H3. The average Bonchev–Trinajstić information content (AvgIpc) is 3.15. The summed E-state index contributed by atoms with van der Waals surface area (Å²) in [4.78, 5) is 22.8. The molecule has 0 atom stereocenters. The van der Waals surface area contributed by atoms with Crippen molar-refractivity contribution in [2.45, 2.75) is 6.92 Å². The number of hydrogen-bond acceptors (Lipinski definition) is 5. The monoisotopic (exact) mass is 427 g/mol. The van der Waals surface area contributed by atoms with Gasteiger partial charge in [0.05, 0.1) is 12.1 Å². The van der Waals surface area contributed by atoms with Crippen molar-refractivity contribution in [3.63, 3.8) is 0 Å². The van der Waals surface area contributed by atoms with E-state index in [2.05, 4.69) is 22.0 Å². The van der Waals surface area contributed by atoms with E-state index in [9.17, 15) is 4.79 Å². The maximum atomic E-state index is 13.1. The molecule has 1 fully saturated rings. The third-order valence-electron chi connectivity index (χ3n) is 5.11. The molecule has 0 N–H and O–H groups in total. The summed E-state index contributed by atoms with van der Waals surface area (Å²) >= 11 is 7.81.